The zero-order valence-electron chi connectivity index (χ0n) is 14.5. The molecule has 0 atom stereocenters. The van der Waals surface area contributed by atoms with Crippen molar-refractivity contribution in [3.05, 3.63) is 71.8 Å². The lowest BCUT2D eigenvalue weighted by Crippen LogP contribution is -2.55. The SMILES string of the molecule is O=C1NCN(Cc2ccccc2)C12CCN(Cc1ccccc1)CC2. The topological polar surface area (TPSA) is 35.6 Å². The number of benzene rings is 2. The minimum absolute atomic E-state index is 0.211. The largest absolute Gasteiger partial charge is 0.342 e. The third-order valence-electron chi connectivity index (χ3n) is 5.61. The Kier molecular flexibility index (Phi) is 4.55. The highest BCUT2D eigenvalue weighted by atomic mass is 16.2. The summed E-state index contributed by atoms with van der Waals surface area (Å²) in [6.07, 6.45) is 1.80. The molecule has 25 heavy (non-hydrogen) atoms. The van der Waals surface area contributed by atoms with Crippen LogP contribution in [-0.4, -0.2) is 41.0 Å². The molecule has 2 fully saturated rings. The summed E-state index contributed by atoms with van der Waals surface area (Å²) in [6.45, 7) is 4.39. The van der Waals surface area contributed by atoms with Crippen LogP contribution in [0.25, 0.3) is 0 Å². The van der Waals surface area contributed by atoms with Gasteiger partial charge in [-0.2, -0.15) is 0 Å². The number of nitrogens with zero attached hydrogens (tertiary/aromatic N) is 2. The number of rotatable bonds is 4. The molecule has 0 radical (unpaired) electrons. The summed E-state index contributed by atoms with van der Waals surface area (Å²) < 4.78 is 0. The van der Waals surface area contributed by atoms with Crippen molar-refractivity contribution < 1.29 is 4.79 Å². The number of hydrogen-bond donors (Lipinski definition) is 1. The van der Waals surface area contributed by atoms with Crippen LogP contribution in [0.4, 0.5) is 0 Å². The lowest BCUT2D eigenvalue weighted by molar-refractivity contribution is -0.129. The van der Waals surface area contributed by atoms with E-state index in [0.29, 0.717) is 6.67 Å². The second-order valence-electron chi connectivity index (χ2n) is 7.14. The molecule has 2 saturated heterocycles. The zero-order chi connectivity index (χ0) is 17.1. The van der Waals surface area contributed by atoms with E-state index in [0.717, 1.165) is 39.0 Å². The molecule has 2 aromatic carbocycles. The molecule has 4 heteroatoms. The number of amides is 1. The van der Waals surface area contributed by atoms with Crippen LogP contribution in [0.3, 0.4) is 0 Å². The van der Waals surface area contributed by atoms with E-state index in [4.69, 9.17) is 0 Å². The average Bonchev–Trinajstić information content (AvgIpc) is 2.95. The van der Waals surface area contributed by atoms with E-state index >= 15 is 0 Å². The summed E-state index contributed by atoms with van der Waals surface area (Å²) in [5.41, 5.74) is 2.28. The summed E-state index contributed by atoms with van der Waals surface area (Å²) in [7, 11) is 0. The Morgan fingerprint density at radius 2 is 1.40 bits per heavy atom. The number of carbonyl (C=O) groups excluding carboxylic acids is 1. The van der Waals surface area contributed by atoms with Crippen molar-refractivity contribution in [1.29, 1.82) is 0 Å². The van der Waals surface area contributed by atoms with Crippen molar-refractivity contribution >= 4 is 5.91 Å². The first-order valence-corrected chi connectivity index (χ1v) is 9.10. The van der Waals surface area contributed by atoms with Crippen LogP contribution < -0.4 is 5.32 Å². The molecule has 0 saturated carbocycles. The summed E-state index contributed by atoms with van der Waals surface area (Å²) in [5, 5.41) is 3.08. The Hall–Kier alpha value is -2.17. The van der Waals surface area contributed by atoms with Gasteiger partial charge in [-0.1, -0.05) is 60.7 Å². The molecule has 130 valence electrons. The third-order valence-corrected chi connectivity index (χ3v) is 5.61. The minimum atomic E-state index is -0.330. The predicted molar refractivity (Wildman–Crippen MR) is 98.7 cm³/mol. The van der Waals surface area contributed by atoms with Gasteiger partial charge in [0, 0.05) is 26.2 Å². The van der Waals surface area contributed by atoms with Crippen molar-refractivity contribution in [3.63, 3.8) is 0 Å². The Balaban J connectivity index is 1.43. The average molecular weight is 335 g/mol. The van der Waals surface area contributed by atoms with Gasteiger partial charge in [-0.15, -0.1) is 0 Å². The van der Waals surface area contributed by atoms with E-state index in [2.05, 4.69) is 69.7 Å². The molecule has 2 aromatic rings. The molecule has 4 rings (SSSR count). The molecule has 2 aliphatic rings. The van der Waals surface area contributed by atoms with Gasteiger partial charge in [-0.05, 0) is 24.0 Å². The third kappa shape index (κ3) is 3.32. The molecule has 1 spiro atoms. The fourth-order valence-corrected chi connectivity index (χ4v) is 4.10. The molecule has 0 aromatic heterocycles. The van der Waals surface area contributed by atoms with Crippen LogP contribution in [0, 0.1) is 0 Å². The van der Waals surface area contributed by atoms with Gasteiger partial charge >= 0.3 is 0 Å². The monoisotopic (exact) mass is 335 g/mol. The molecule has 4 nitrogen and oxygen atoms in total. The van der Waals surface area contributed by atoms with E-state index in [-0.39, 0.29) is 11.4 Å². The van der Waals surface area contributed by atoms with Crippen molar-refractivity contribution in [2.75, 3.05) is 19.8 Å². The van der Waals surface area contributed by atoms with Gasteiger partial charge in [0.25, 0.3) is 0 Å². The standard InChI is InChI=1S/C21H25N3O/c25-20-21(24(17-22-20)16-19-9-5-2-6-10-19)11-13-23(14-12-21)15-18-7-3-1-4-8-18/h1-10H,11-17H2,(H,22,25). The lowest BCUT2D eigenvalue weighted by atomic mass is 9.85. The molecule has 1 amide bonds. The molecular formula is C21H25N3O. The fourth-order valence-electron chi connectivity index (χ4n) is 4.10. The molecular weight excluding hydrogens is 310 g/mol. The maximum atomic E-state index is 12.6. The summed E-state index contributed by atoms with van der Waals surface area (Å²) in [6, 6.07) is 21.0. The van der Waals surface area contributed by atoms with Crippen LogP contribution in [0.15, 0.2) is 60.7 Å². The number of piperidine rings is 1. The number of nitrogens with one attached hydrogen (secondary N) is 1. The smallest absolute Gasteiger partial charge is 0.241 e. The molecule has 0 aliphatic carbocycles. The molecule has 1 N–H and O–H groups in total. The maximum absolute atomic E-state index is 12.6. The van der Waals surface area contributed by atoms with E-state index < -0.39 is 0 Å². The van der Waals surface area contributed by atoms with Crippen LogP contribution in [0.5, 0.6) is 0 Å². The summed E-state index contributed by atoms with van der Waals surface area (Å²) in [5.74, 6) is 0.211. The Labute approximate surface area is 149 Å². The molecule has 0 unspecified atom stereocenters. The number of hydrogen-bond acceptors (Lipinski definition) is 3. The van der Waals surface area contributed by atoms with Crippen molar-refractivity contribution in [3.8, 4) is 0 Å². The van der Waals surface area contributed by atoms with Crippen LogP contribution >= 0.6 is 0 Å². The van der Waals surface area contributed by atoms with Gasteiger partial charge in [0.2, 0.25) is 5.91 Å². The normalized spacial score (nSPS) is 20.7. The fraction of sp³-hybridized carbons (Fsp3) is 0.381. The first kappa shape index (κ1) is 16.3. The van der Waals surface area contributed by atoms with Crippen LogP contribution in [-0.2, 0) is 17.9 Å². The summed E-state index contributed by atoms with van der Waals surface area (Å²) >= 11 is 0. The van der Waals surface area contributed by atoms with E-state index in [1.165, 1.54) is 11.1 Å². The highest BCUT2D eigenvalue weighted by molar-refractivity contribution is 5.88. The van der Waals surface area contributed by atoms with Crippen molar-refractivity contribution in [1.82, 2.24) is 15.1 Å². The summed E-state index contributed by atoms with van der Waals surface area (Å²) in [4.78, 5) is 17.4. The first-order valence-electron chi connectivity index (χ1n) is 9.10. The van der Waals surface area contributed by atoms with Gasteiger partial charge in [-0.25, -0.2) is 0 Å². The van der Waals surface area contributed by atoms with Gasteiger partial charge in [0.15, 0.2) is 0 Å². The van der Waals surface area contributed by atoms with Crippen LogP contribution in [0.2, 0.25) is 0 Å². The highest BCUT2D eigenvalue weighted by Crippen LogP contribution is 2.34. The predicted octanol–water partition coefficient (Wildman–Crippen LogP) is 2.61. The number of carbonyl (C=O) groups is 1. The van der Waals surface area contributed by atoms with Crippen molar-refractivity contribution in [2.45, 2.75) is 31.5 Å². The second-order valence-corrected chi connectivity index (χ2v) is 7.14. The van der Waals surface area contributed by atoms with Gasteiger partial charge < -0.3 is 5.32 Å². The van der Waals surface area contributed by atoms with Gasteiger partial charge in [0.05, 0.1) is 6.67 Å². The van der Waals surface area contributed by atoms with E-state index in [9.17, 15) is 4.79 Å². The van der Waals surface area contributed by atoms with Gasteiger partial charge in [0.1, 0.15) is 5.54 Å². The van der Waals surface area contributed by atoms with Crippen LogP contribution in [0.1, 0.15) is 24.0 Å². The van der Waals surface area contributed by atoms with Gasteiger partial charge in [-0.3, -0.25) is 14.6 Å². The maximum Gasteiger partial charge on any atom is 0.241 e. The lowest BCUT2D eigenvalue weighted by Gasteiger charge is -2.42. The minimum Gasteiger partial charge on any atom is -0.342 e. The molecule has 0 bridgehead atoms. The zero-order valence-corrected chi connectivity index (χ0v) is 14.5. The highest BCUT2D eigenvalue weighted by Gasteiger charge is 2.49. The Morgan fingerprint density at radius 3 is 2.00 bits per heavy atom. The van der Waals surface area contributed by atoms with E-state index in [1.54, 1.807) is 0 Å². The Bertz CT molecular complexity index is 708. The molecule has 2 aliphatic heterocycles. The second kappa shape index (κ2) is 6.98. The van der Waals surface area contributed by atoms with Crippen molar-refractivity contribution in [2.24, 2.45) is 0 Å². The van der Waals surface area contributed by atoms with E-state index in [1.807, 2.05) is 6.07 Å². The number of likely N-dealkylation sites (tertiary alicyclic amines) is 1. The first-order chi connectivity index (χ1) is 12.3. The quantitative estimate of drug-likeness (QED) is 0.933. The Morgan fingerprint density at radius 1 is 0.840 bits per heavy atom. The molecule has 2 heterocycles.